The first-order valence-electron chi connectivity index (χ1n) is 7.29. The molecule has 0 spiro atoms. The molecule has 2 N–H and O–H groups in total. The van der Waals surface area contributed by atoms with Crippen molar-refractivity contribution in [3.63, 3.8) is 0 Å². The highest BCUT2D eigenvalue weighted by atomic mass is 79.9. The highest BCUT2D eigenvalue weighted by Crippen LogP contribution is 2.23. The summed E-state index contributed by atoms with van der Waals surface area (Å²) in [5.74, 6) is 0.0663. The van der Waals surface area contributed by atoms with Crippen molar-refractivity contribution in [1.29, 1.82) is 0 Å². The van der Waals surface area contributed by atoms with Gasteiger partial charge in [0.05, 0.1) is 12.2 Å². The number of amides is 1. The highest BCUT2D eigenvalue weighted by Gasteiger charge is 2.15. The minimum Gasteiger partial charge on any atom is -0.490 e. The third kappa shape index (κ3) is 6.28. The molecular formula is C17H16BrClN2O3S. The van der Waals surface area contributed by atoms with Gasteiger partial charge in [0.2, 0.25) is 0 Å². The van der Waals surface area contributed by atoms with Gasteiger partial charge in [-0.2, -0.15) is 0 Å². The molecule has 0 fully saturated rings. The van der Waals surface area contributed by atoms with Gasteiger partial charge in [-0.3, -0.25) is 10.1 Å². The maximum atomic E-state index is 12.5. The van der Waals surface area contributed by atoms with Crippen LogP contribution in [0.25, 0.3) is 0 Å². The molecule has 0 heterocycles. The molecule has 0 saturated heterocycles. The number of nitrogens with one attached hydrogen (secondary N) is 2. The van der Waals surface area contributed by atoms with Gasteiger partial charge in [-0.1, -0.05) is 33.6 Å². The summed E-state index contributed by atoms with van der Waals surface area (Å²) in [6, 6.07) is 12.2. The Morgan fingerprint density at radius 2 is 2.04 bits per heavy atom. The van der Waals surface area contributed by atoms with E-state index in [9.17, 15) is 4.79 Å². The fourth-order valence-corrected chi connectivity index (χ4v) is 2.70. The van der Waals surface area contributed by atoms with Crippen LogP contribution in [0.2, 0.25) is 5.02 Å². The van der Waals surface area contributed by atoms with E-state index in [0.717, 1.165) is 4.47 Å². The second-order valence-electron chi connectivity index (χ2n) is 4.90. The molecule has 25 heavy (non-hydrogen) atoms. The number of methoxy groups -OCH3 is 1. The lowest BCUT2D eigenvalue weighted by Gasteiger charge is -2.13. The van der Waals surface area contributed by atoms with E-state index in [2.05, 4.69) is 26.6 Å². The number of ether oxygens (including phenoxy) is 2. The average Bonchev–Trinajstić information content (AvgIpc) is 2.56. The molecule has 0 bridgehead atoms. The maximum Gasteiger partial charge on any atom is 0.261 e. The number of hydrogen-bond donors (Lipinski definition) is 2. The topological polar surface area (TPSA) is 59.6 Å². The van der Waals surface area contributed by atoms with Gasteiger partial charge in [0.15, 0.2) is 5.11 Å². The Morgan fingerprint density at radius 3 is 2.76 bits per heavy atom. The number of carbonyl (C=O) groups is 1. The van der Waals surface area contributed by atoms with Crippen molar-refractivity contribution < 1.29 is 14.3 Å². The first kappa shape index (κ1) is 19.7. The average molecular weight is 444 g/mol. The largest absolute Gasteiger partial charge is 0.490 e. The lowest BCUT2D eigenvalue weighted by atomic mass is 10.2. The summed E-state index contributed by atoms with van der Waals surface area (Å²) < 4.78 is 11.3. The Hall–Kier alpha value is -1.67. The lowest BCUT2D eigenvalue weighted by molar-refractivity contribution is 0.0969. The molecule has 2 aromatic carbocycles. The fourth-order valence-electron chi connectivity index (χ4n) is 1.94. The van der Waals surface area contributed by atoms with Gasteiger partial charge in [-0.25, -0.2) is 0 Å². The number of hydrogen-bond acceptors (Lipinski definition) is 4. The molecule has 0 saturated carbocycles. The minimum atomic E-state index is -0.381. The molecule has 8 heteroatoms. The Labute approximate surface area is 164 Å². The number of rotatable bonds is 6. The number of benzene rings is 2. The quantitative estimate of drug-likeness (QED) is 0.516. The van der Waals surface area contributed by atoms with Crippen LogP contribution in [0.5, 0.6) is 5.75 Å². The van der Waals surface area contributed by atoms with Crippen LogP contribution in [-0.4, -0.2) is 31.3 Å². The molecule has 1 amide bonds. The first-order chi connectivity index (χ1) is 12.0. The molecule has 0 atom stereocenters. The van der Waals surface area contributed by atoms with Crippen LogP contribution in [0.15, 0.2) is 46.9 Å². The van der Waals surface area contributed by atoms with Gasteiger partial charge in [0, 0.05) is 22.3 Å². The van der Waals surface area contributed by atoms with Crippen molar-refractivity contribution in [2.24, 2.45) is 0 Å². The normalized spacial score (nSPS) is 10.2. The van der Waals surface area contributed by atoms with Gasteiger partial charge in [-0.05, 0) is 48.6 Å². The smallest absolute Gasteiger partial charge is 0.261 e. The van der Waals surface area contributed by atoms with E-state index >= 15 is 0 Å². The third-order valence-electron chi connectivity index (χ3n) is 3.04. The molecule has 5 nitrogen and oxygen atoms in total. The summed E-state index contributed by atoms with van der Waals surface area (Å²) in [5, 5.41) is 6.27. The van der Waals surface area contributed by atoms with Crippen LogP contribution < -0.4 is 15.4 Å². The minimum absolute atomic E-state index is 0.162. The number of anilines is 1. The molecule has 0 aliphatic carbocycles. The lowest BCUT2D eigenvalue weighted by Crippen LogP contribution is -2.34. The van der Waals surface area contributed by atoms with Crippen molar-refractivity contribution in [2.45, 2.75) is 0 Å². The van der Waals surface area contributed by atoms with Crippen LogP contribution in [0.3, 0.4) is 0 Å². The van der Waals surface area contributed by atoms with Crippen molar-refractivity contribution >= 4 is 56.5 Å². The van der Waals surface area contributed by atoms with E-state index < -0.39 is 0 Å². The number of carbonyl (C=O) groups excluding carboxylic acids is 1. The van der Waals surface area contributed by atoms with Gasteiger partial charge in [0.1, 0.15) is 12.4 Å². The number of thiocarbonyl (C=S) groups is 1. The van der Waals surface area contributed by atoms with Gasteiger partial charge in [-0.15, -0.1) is 0 Å². The second kappa shape index (κ2) is 9.72. The molecular weight excluding hydrogens is 428 g/mol. The summed E-state index contributed by atoms with van der Waals surface area (Å²) in [5.41, 5.74) is 1.05. The molecule has 132 valence electrons. The Morgan fingerprint density at radius 1 is 1.24 bits per heavy atom. The molecule has 0 aliphatic heterocycles. The second-order valence-corrected chi connectivity index (χ2v) is 6.66. The first-order valence-corrected chi connectivity index (χ1v) is 8.86. The molecule has 0 aliphatic rings. The Bertz CT molecular complexity index is 773. The molecule has 2 rings (SSSR count). The van der Waals surface area contributed by atoms with Crippen LogP contribution >= 0.6 is 39.7 Å². The highest BCUT2D eigenvalue weighted by molar-refractivity contribution is 9.10. The predicted octanol–water partition coefficient (Wildman–Crippen LogP) is 4.25. The SMILES string of the molecule is COCCOc1ccc(Br)cc1C(=O)NC(=S)Nc1cccc(Cl)c1. The summed E-state index contributed by atoms with van der Waals surface area (Å²) in [6.45, 7) is 0.759. The Balaban J connectivity index is 2.06. The van der Waals surface area contributed by atoms with Crippen molar-refractivity contribution in [1.82, 2.24) is 5.32 Å². The van der Waals surface area contributed by atoms with Crippen LogP contribution in [0, 0.1) is 0 Å². The summed E-state index contributed by atoms with van der Waals surface area (Å²) in [6.07, 6.45) is 0. The Kier molecular flexibility index (Phi) is 7.64. The third-order valence-corrected chi connectivity index (χ3v) is 3.97. The predicted molar refractivity (Wildman–Crippen MR) is 107 cm³/mol. The van der Waals surface area contributed by atoms with E-state index in [-0.39, 0.29) is 11.0 Å². The molecule has 0 aromatic heterocycles. The van der Waals surface area contributed by atoms with Gasteiger partial charge < -0.3 is 14.8 Å². The van der Waals surface area contributed by atoms with Crippen molar-refractivity contribution in [3.8, 4) is 5.75 Å². The number of halogens is 2. The van der Waals surface area contributed by atoms with Gasteiger partial charge in [0.25, 0.3) is 5.91 Å². The summed E-state index contributed by atoms with van der Waals surface area (Å²) in [7, 11) is 1.58. The molecule has 0 unspecified atom stereocenters. The zero-order chi connectivity index (χ0) is 18.2. The van der Waals surface area contributed by atoms with E-state index in [1.807, 2.05) is 0 Å². The zero-order valence-corrected chi connectivity index (χ0v) is 16.5. The molecule has 0 radical (unpaired) electrons. The van der Waals surface area contributed by atoms with Crippen LogP contribution in [-0.2, 0) is 4.74 Å². The fraction of sp³-hybridized carbons (Fsp3) is 0.176. The van der Waals surface area contributed by atoms with E-state index in [0.29, 0.717) is 35.2 Å². The van der Waals surface area contributed by atoms with Crippen LogP contribution in [0.1, 0.15) is 10.4 Å². The summed E-state index contributed by atoms with van der Waals surface area (Å²) >= 11 is 14.5. The van der Waals surface area contributed by atoms with E-state index in [1.54, 1.807) is 49.6 Å². The van der Waals surface area contributed by atoms with Crippen molar-refractivity contribution in [2.75, 3.05) is 25.6 Å². The zero-order valence-electron chi connectivity index (χ0n) is 13.3. The standard InChI is InChI=1S/C17H16BrClN2O3S/c1-23-7-8-24-15-6-5-11(18)9-14(15)16(22)21-17(25)20-13-4-2-3-12(19)10-13/h2-6,9-10H,7-8H2,1H3,(H2,20,21,22,25). The monoisotopic (exact) mass is 442 g/mol. The maximum absolute atomic E-state index is 12.5. The van der Waals surface area contributed by atoms with Gasteiger partial charge >= 0.3 is 0 Å². The molecule has 2 aromatic rings. The van der Waals surface area contributed by atoms with Crippen molar-refractivity contribution in [3.05, 3.63) is 57.5 Å². The summed E-state index contributed by atoms with van der Waals surface area (Å²) in [4.78, 5) is 12.5. The van der Waals surface area contributed by atoms with E-state index in [4.69, 9.17) is 33.3 Å². The van der Waals surface area contributed by atoms with Crippen LogP contribution in [0.4, 0.5) is 5.69 Å². The van der Waals surface area contributed by atoms with E-state index in [1.165, 1.54) is 0 Å².